The number of carbonyl (C=O) groups excluding carboxylic acids is 1. The molecule has 2 atom stereocenters. The number of rotatable bonds is 6. The van der Waals surface area contributed by atoms with E-state index in [1.807, 2.05) is 0 Å². The lowest BCUT2D eigenvalue weighted by molar-refractivity contribution is 0.100. The molecule has 8 N–H and O–H groups in total. The van der Waals surface area contributed by atoms with Crippen molar-refractivity contribution >= 4 is 23.3 Å². The van der Waals surface area contributed by atoms with Gasteiger partial charge in [-0.15, -0.1) is 0 Å². The number of carbonyl (C=O) groups is 1. The van der Waals surface area contributed by atoms with Crippen LogP contribution < -0.4 is 22.1 Å². The zero-order valence-electron chi connectivity index (χ0n) is 14.0. The van der Waals surface area contributed by atoms with Crippen molar-refractivity contribution in [2.24, 2.45) is 11.5 Å². The van der Waals surface area contributed by atoms with Crippen molar-refractivity contribution in [2.75, 3.05) is 10.6 Å². The smallest absolute Gasteiger partial charge is 0.252 e. The fraction of sp³-hybridized carbons (Fsp3) is 0.438. The Labute approximate surface area is 145 Å². The van der Waals surface area contributed by atoms with Gasteiger partial charge < -0.3 is 32.6 Å². The van der Waals surface area contributed by atoms with Crippen LogP contribution in [0.3, 0.4) is 0 Å². The van der Waals surface area contributed by atoms with Crippen LogP contribution in [0.25, 0.3) is 0 Å². The summed E-state index contributed by atoms with van der Waals surface area (Å²) in [5.74, 6) is -2.21. The summed E-state index contributed by atoms with van der Waals surface area (Å²) < 4.78 is 14.3. The summed E-state index contributed by atoms with van der Waals surface area (Å²) in [6.07, 6.45) is 4.77. The van der Waals surface area contributed by atoms with Gasteiger partial charge in [-0.05, 0) is 25.8 Å². The van der Waals surface area contributed by atoms with E-state index >= 15 is 0 Å². The van der Waals surface area contributed by atoms with Crippen LogP contribution in [0.2, 0.25) is 0 Å². The summed E-state index contributed by atoms with van der Waals surface area (Å²) in [5, 5.41) is 22.5. The number of hydrogen-bond donors (Lipinski definition) is 6. The minimum Gasteiger partial charge on any atom is -0.494 e. The van der Waals surface area contributed by atoms with Crippen molar-refractivity contribution in [2.45, 2.75) is 44.7 Å². The molecule has 0 bridgehead atoms. The molecule has 0 radical (unpaired) electrons. The minimum absolute atomic E-state index is 0.0748. The molecule has 9 heteroatoms. The molecule has 2 rings (SSSR count). The Bertz CT molecular complexity index is 706. The lowest BCUT2D eigenvalue weighted by Gasteiger charge is -2.30. The Balaban J connectivity index is 2.33. The van der Waals surface area contributed by atoms with Crippen molar-refractivity contribution < 1.29 is 14.3 Å². The predicted octanol–water partition coefficient (Wildman–Crippen LogP) is 1.85. The van der Waals surface area contributed by atoms with E-state index in [4.69, 9.17) is 16.9 Å². The largest absolute Gasteiger partial charge is 0.494 e. The second-order valence-corrected chi connectivity index (χ2v) is 6.12. The molecule has 1 aliphatic carbocycles. The van der Waals surface area contributed by atoms with Crippen LogP contribution in [0.1, 0.15) is 43.0 Å². The van der Waals surface area contributed by atoms with Crippen molar-refractivity contribution in [3.63, 3.8) is 0 Å². The summed E-state index contributed by atoms with van der Waals surface area (Å²) in [6, 6.07) is 0.714. The molecule has 25 heavy (non-hydrogen) atoms. The third-order valence-electron chi connectivity index (χ3n) is 3.98. The quantitative estimate of drug-likeness (QED) is 0.340. The maximum absolute atomic E-state index is 14.3. The highest BCUT2D eigenvalue weighted by atomic mass is 19.1. The van der Waals surface area contributed by atoms with Gasteiger partial charge in [0.05, 0.1) is 5.56 Å². The van der Waals surface area contributed by atoms with Crippen molar-refractivity contribution in [1.29, 1.82) is 5.41 Å². The summed E-state index contributed by atoms with van der Waals surface area (Å²) in [4.78, 5) is 15.6. The zero-order valence-corrected chi connectivity index (χ0v) is 14.0. The standard InChI is InChI=1S/C16H23FN6O2/c1-8(18)6-13(24)22-15-9(14(20)25)7-10(17)16(23-15)21-12-5-3-2-4-11(12)19/h6-7,11-12,18,24H,2-5,19H2,1H3,(H2,20,25)(H2,21,22,23)/b13-6-,18-8?/t11-,12+/m0/s1. The number of pyridine rings is 1. The van der Waals surface area contributed by atoms with Crippen LogP contribution in [0, 0.1) is 11.2 Å². The number of allylic oxidation sites excluding steroid dienone is 1. The van der Waals surface area contributed by atoms with Gasteiger partial charge in [0.15, 0.2) is 17.5 Å². The topological polar surface area (TPSA) is 150 Å². The highest BCUT2D eigenvalue weighted by molar-refractivity contribution is 5.98. The van der Waals surface area contributed by atoms with Gasteiger partial charge in [-0.1, -0.05) is 12.8 Å². The number of aliphatic hydroxyl groups is 1. The van der Waals surface area contributed by atoms with Crippen molar-refractivity contribution in [3.8, 4) is 0 Å². The summed E-state index contributed by atoms with van der Waals surface area (Å²) in [6.45, 7) is 1.46. The van der Waals surface area contributed by atoms with Gasteiger partial charge in [0, 0.05) is 23.9 Å². The lowest BCUT2D eigenvalue weighted by Crippen LogP contribution is -2.43. The summed E-state index contributed by atoms with van der Waals surface area (Å²) in [7, 11) is 0. The van der Waals surface area contributed by atoms with E-state index in [1.54, 1.807) is 0 Å². The molecule has 0 saturated heterocycles. The van der Waals surface area contributed by atoms with E-state index in [0.29, 0.717) is 0 Å². The average Bonchev–Trinajstić information content (AvgIpc) is 2.51. The average molecular weight is 350 g/mol. The number of hydrogen-bond acceptors (Lipinski definition) is 7. The first kappa shape index (κ1) is 18.7. The highest BCUT2D eigenvalue weighted by Gasteiger charge is 2.24. The summed E-state index contributed by atoms with van der Waals surface area (Å²) in [5.41, 5.74) is 11.2. The van der Waals surface area contributed by atoms with Crippen LogP contribution in [0.4, 0.5) is 16.0 Å². The highest BCUT2D eigenvalue weighted by Crippen LogP contribution is 2.25. The molecule has 0 unspecified atom stereocenters. The molecule has 1 aromatic heterocycles. The predicted molar refractivity (Wildman–Crippen MR) is 94.3 cm³/mol. The lowest BCUT2D eigenvalue weighted by atomic mass is 9.91. The fourth-order valence-corrected chi connectivity index (χ4v) is 2.75. The zero-order chi connectivity index (χ0) is 18.6. The number of anilines is 2. The molecule has 0 aromatic carbocycles. The number of aliphatic hydroxyl groups excluding tert-OH is 1. The first-order chi connectivity index (χ1) is 11.8. The van der Waals surface area contributed by atoms with Gasteiger partial charge in [0.2, 0.25) is 0 Å². The second-order valence-electron chi connectivity index (χ2n) is 6.12. The molecular weight excluding hydrogens is 327 g/mol. The Morgan fingerprint density at radius 1 is 1.44 bits per heavy atom. The van der Waals surface area contributed by atoms with Crippen LogP contribution in [0.15, 0.2) is 18.0 Å². The van der Waals surface area contributed by atoms with E-state index in [1.165, 1.54) is 6.92 Å². The van der Waals surface area contributed by atoms with Crippen molar-refractivity contribution in [3.05, 3.63) is 29.4 Å². The van der Waals surface area contributed by atoms with Crippen LogP contribution in [-0.2, 0) is 0 Å². The van der Waals surface area contributed by atoms with Gasteiger partial charge in [-0.25, -0.2) is 9.37 Å². The number of nitrogens with two attached hydrogens (primary N) is 2. The molecule has 1 heterocycles. The second kappa shape index (κ2) is 7.93. The van der Waals surface area contributed by atoms with Gasteiger partial charge in [0.1, 0.15) is 5.82 Å². The number of halogens is 1. The van der Waals surface area contributed by atoms with Crippen molar-refractivity contribution in [1.82, 2.24) is 4.98 Å². The molecule has 1 amide bonds. The number of nitrogens with one attached hydrogen (secondary N) is 3. The molecule has 1 saturated carbocycles. The van der Waals surface area contributed by atoms with E-state index < -0.39 is 17.6 Å². The monoisotopic (exact) mass is 350 g/mol. The Kier molecular flexibility index (Phi) is 5.92. The van der Waals surface area contributed by atoms with E-state index in [2.05, 4.69) is 15.6 Å². The third-order valence-corrected chi connectivity index (χ3v) is 3.98. The molecule has 1 aliphatic rings. The number of amides is 1. The van der Waals surface area contributed by atoms with Crippen LogP contribution in [0.5, 0.6) is 0 Å². The van der Waals surface area contributed by atoms with Crippen LogP contribution in [-0.4, -0.2) is 33.8 Å². The van der Waals surface area contributed by atoms with Crippen LogP contribution >= 0.6 is 0 Å². The van der Waals surface area contributed by atoms with Gasteiger partial charge in [-0.2, -0.15) is 0 Å². The van der Waals surface area contributed by atoms with E-state index in [9.17, 15) is 14.3 Å². The molecule has 1 aromatic rings. The van der Waals surface area contributed by atoms with E-state index in [0.717, 1.165) is 37.8 Å². The number of aromatic nitrogens is 1. The summed E-state index contributed by atoms with van der Waals surface area (Å²) >= 11 is 0. The van der Waals surface area contributed by atoms with Gasteiger partial charge >= 0.3 is 0 Å². The number of nitrogens with zero attached hydrogens (tertiary/aromatic N) is 1. The molecule has 0 aliphatic heterocycles. The Hall–Kier alpha value is -2.68. The maximum atomic E-state index is 14.3. The molecule has 8 nitrogen and oxygen atoms in total. The molecular formula is C16H23FN6O2. The van der Waals surface area contributed by atoms with E-state index in [-0.39, 0.29) is 35.0 Å². The fourth-order valence-electron chi connectivity index (χ4n) is 2.75. The van der Waals surface area contributed by atoms with Gasteiger partial charge in [-0.3, -0.25) is 4.79 Å². The molecule has 136 valence electrons. The molecule has 1 fully saturated rings. The third kappa shape index (κ3) is 4.90. The normalized spacial score (nSPS) is 20.8. The Morgan fingerprint density at radius 3 is 2.72 bits per heavy atom. The number of primary amides is 1. The maximum Gasteiger partial charge on any atom is 0.252 e. The first-order valence-corrected chi connectivity index (χ1v) is 8.03. The van der Waals surface area contributed by atoms with Gasteiger partial charge in [0.25, 0.3) is 5.91 Å². The molecule has 0 spiro atoms. The minimum atomic E-state index is -0.894. The SMILES string of the molecule is CC(=N)/C=C(\O)Nc1nc(N[C@@H]2CCCC[C@@H]2N)c(F)cc1C(N)=O. The Morgan fingerprint density at radius 2 is 2.12 bits per heavy atom. The first-order valence-electron chi connectivity index (χ1n) is 8.03.